The maximum Gasteiger partial charge on any atom is 0.343 e. The molecule has 1 heterocycles. The van der Waals surface area contributed by atoms with Gasteiger partial charge in [-0.05, 0) is 25.5 Å². The van der Waals surface area contributed by atoms with Crippen LogP contribution in [0.25, 0.3) is 0 Å². The molecule has 1 aromatic heterocycles. The zero-order valence-corrected chi connectivity index (χ0v) is 14.7. The van der Waals surface area contributed by atoms with Crippen molar-refractivity contribution in [3.05, 3.63) is 45.9 Å². The summed E-state index contributed by atoms with van der Waals surface area (Å²) in [6, 6.07) is 1.05. The highest BCUT2D eigenvalue weighted by molar-refractivity contribution is 7.09. The van der Waals surface area contributed by atoms with Crippen molar-refractivity contribution >= 4 is 29.0 Å². The summed E-state index contributed by atoms with van der Waals surface area (Å²) in [6.07, 6.45) is 2.20. The van der Waals surface area contributed by atoms with Crippen molar-refractivity contribution in [2.75, 3.05) is 12.4 Å². The fourth-order valence-electron chi connectivity index (χ4n) is 2.14. The molecular weight excluding hydrogens is 352 g/mol. The molecule has 0 saturated heterocycles. The third-order valence-corrected chi connectivity index (χ3v) is 4.73. The number of carbonyl (C=O) groups excluding carboxylic acids is 2. The SMILES string of the molecule is CCC(C)(NC(=O)Nc1cc(F)c(C(=O)OC)c(F)c1)c1nccs1. The van der Waals surface area contributed by atoms with E-state index in [9.17, 15) is 18.4 Å². The first-order chi connectivity index (χ1) is 11.8. The molecule has 1 aromatic carbocycles. The summed E-state index contributed by atoms with van der Waals surface area (Å²) >= 11 is 1.39. The van der Waals surface area contributed by atoms with Crippen LogP contribution in [0, 0.1) is 11.6 Å². The maximum atomic E-state index is 13.9. The highest BCUT2D eigenvalue weighted by atomic mass is 32.1. The number of hydrogen-bond acceptors (Lipinski definition) is 5. The zero-order chi connectivity index (χ0) is 18.6. The van der Waals surface area contributed by atoms with Gasteiger partial charge in [-0.1, -0.05) is 6.92 Å². The number of nitrogens with one attached hydrogen (secondary N) is 2. The number of anilines is 1. The number of hydrogen-bond donors (Lipinski definition) is 2. The highest BCUT2D eigenvalue weighted by Gasteiger charge is 2.29. The topological polar surface area (TPSA) is 80.3 Å². The Hall–Kier alpha value is -2.55. The molecule has 2 aromatic rings. The minimum Gasteiger partial charge on any atom is -0.465 e. The fraction of sp³-hybridized carbons (Fsp3) is 0.312. The van der Waals surface area contributed by atoms with Crippen molar-refractivity contribution in [3.63, 3.8) is 0 Å². The van der Waals surface area contributed by atoms with E-state index in [-0.39, 0.29) is 5.69 Å². The second kappa shape index (κ2) is 7.56. The lowest BCUT2D eigenvalue weighted by molar-refractivity contribution is 0.0590. The Bertz CT molecular complexity index is 760. The molecule has 2 rings (SSSR count). The standard InChI is InChI=1S/C16H17F2N3O3S/c1-4-16(2,14-19-5-6-25-14)21-15(23)20-9-7-10(17)12(11(18)8-9)13(22)24-3/h5-8H,4H2,1-3H3,(H2,20,21,23). The van der Waals surface area contributed by atoms with E-state index in [0.29, 0.717) is 11.4 Å². The molecule has 0 aliphatic heterocycles. The first-order valence-electron chi connectivity index (χ1n) is 7.37. The molecular formula is C16H17F2N3O3S. The molecule has 1 unspecified atom stereocenters. The summed E-state index contributed by atoms with van der Waals surface area (Å²) in [7, 11) is 1.02. The lowest BCUT2D eigenvalue weighted by Crippen LogP contribution is -2.45. The summed E-state index contributed by atoms with van der Waals surface area (Å²) in [5.41, 5.74) is -1.66. The third kappa shape index (κ3) is 4.11. The molecule has 0 radical (unpaired) electrons. The summed E-state index contributed by atoms with van der Waals surface area (Å²) in [5.74, 6) is -3.38. The number of nitrogens with zero attached hydrogens (tertiary/aromatic N) is 1. The van der Waals surface area contributed by atoms with Crippen molar-refractivity contribution in [2.45, 2.75) is 25.8 Å². The summed E-state index contributed by atoms with van der Waals surface area (Å²) in [6.45, 7) is 3.68. The largest absolute Gasteiger partial charge is 0.465 e. The van der Waals surface area contributed by atoms with Crippen LogP contribution in [-0.2, 0) is 10.3 Å². The second-order valence-corrected chi connectivity index (χ2v) is 6.30. The molecule has 25 heavy (non-hydrogen) atoms. The van der Waals surface area contributed by atoms with Crippen LogP contribution in [0.5, 0.6) is 0 Å². The average molecular weight is 369 g/mol. The van der Waals surface area contributed by atoms with Crippen molar-refractivity contribution in [1.29, 1.82) is 0 Å². The summed E-state index contributed by atoms with van der Waals surface area (Å²) in [5, 5.41) is 7.60. The van der Waals surface area contributed by atoms with E-state index in [2.05, 4.69) is 20.4 Å². The Kier molecular flexibility index (Phi) is 5.68. The van der Waals surface area contributed by atoms with Gasteiger partial charge in [0.2, 0.25) is 0 Å². The van der Waals surface area contributed by atoms with Gasteiger partial charge in [-0.15, -0.1) is 11.3 Å². The third-order valence-electron chi connectivity index (χ3n) is 3.69. The number of urea groups is 1. The van der Waals surface area contributed by atoms with Crippen molar-refractivity contribution < 1.29 is 23.1 Å². The normalized spacial score (nSPS) is 13.0. The monoisotopic (exact) mass is 369 g/mol. The van der Waals surface area contributed by atoms with Gasteiger partial charge in [-0.25, -0.2) is 23.4 Å². The predicted octanol–water partition coefficient (Wildman–Crippen LogP) is 3.65. The van der Waals surface area contributed by atoms with E-state index in [4.69, 9.17) is 0 Å². The number of aromatic nitrogens is 1. The molecule has 9 heteroatoms. The molecule has 6 nitrogen and oxygen atoms in total. The van der Waals surface area contributed by atoms with Crippen molar-refractivity contribution in [2.24, 2.45) is 0 Å². The lowest BCUT2D eigenvalue weighted by atomic mass is 10.0. The van der Waals surface area contributed by atoms with Gasteiger partial charge in [0.05, 0.1) is 12.6 Å². The number of ether oxygens (including phenoxy) is 1. The Morgan fingerprint density at radius 1 is 1.32 bits per heavy atom. The Balaban J connectivity index is 2.17. The van der Waals surface area contributed by atoms with Gasteiger partial charge in [0.1, 0.15) is 22.2 Å². The van der Waals surface area contributed by atoms with Gasteiger partial charge >= 0.3 is 12.0 Å². The van der Waals surface area contributed by atoms with Crippen LogP contribution in [0.4, 0.5) is 19.3 Å². The summed E-state index contributed by atoms with van der Waals surface area (Å²) in [4.78, 5) is 27.7. The van der Waals surface area contributed by atoms with E-state index in [1.54, 1.807) is 18.5 Å². The number of benzene rings is 1. The lowest BCUT2D eigenvalue weighted by Gasteiger charge is -2.27. The number of methoxy groups -OCH3 is 1. The molecule has 0 saturated carbocycles. The smallest absolute Gasteiger partial charge is 0.343 e. The zero-order valence-electron chi connectivity index (χ0n) is 13.9. The molecule has 0 bridgehead atoms. The summed E-state index contributed by atoms with van der Waals surface area (Å²) < 4.78 is 32.1. The molecule has 0 fully saturated rings. The fourth-order valence-corrected chi connectivity index (χ4v) is 2.97. The van der Waals surface area contributed by atoms with E-state index in [1.165, 1.54) is 11.3 Å². The van der Waals surface area contributed by atoms with Crippen LogP contribution in [0.15, 0.2) is 23.7 Å². The second-order valence-electron chi connectivity index (χ2n) is 5.41. The van der Waals surface area contributed by atoms with Crippen LogP contribution < -0.4 is 10.6 Å². The first kappa shape index (κ1) is 18.8. The van der Waals surface area contributed by atoms with Gasteiger partial charge in [-0.3, -0.25) is 0 Å². The van der Waals surface area contributed by atoms with Crippen molar-refractivity contribution in [1.82, 2.24) is 10.3 Å². The van der Waals surface area contributed by atoms with Crippen LogP contribution in [0.1, 0.15) is 35.6 Å². The number of carbonyl (C=O) groups is 2. The van der Waals surface area contributed by atoms with E-state index >= 15 is 0 Å². The minimum atomic E-state index is -1.13. The van der Waals surface area contributed by atoms with Crippen molar-refractivity contribution in [3.8, 4) is 0 Å². The Morgan fingerprint density at radius 3 is 2.44 bits per heavy atom. The van der Waals surface area contributed by atoms with Gasteiger partial charge in [0.25, 0.3) is 0 Å². The molecule has 0 aliphatic carbocycles. The van der Waals surface area contributed by atoms with E-state index < -0.39 is 34.7 Å². The van der Waals surface area contributed by atoms with Crippen LogP contribution in [-0.4, -0.2) is 24.1 Å². The number of rotatable bonds is 5. The molecule has 1 atom stereocenters. The van der Waals surface area contributed by atoms with Gasteiger partial charge in [0.15, 0.2) is 0 Å². The van der Waals surface area contributed by atoms with Crippen LogP contribution in [0.2, 0.25) is 0 Å². The van der Waals surface area contributed by atoms with Crippen LogP contribution >= 0.6 is 11.3 Å². The maximum absolute atomic E-state index is 13.9. The van der Waals surface area contributed by atoms with E-state index in [1.807, 2.05) is 6.92 Å². The molecule has 0 aliphatic rings. The quantitative estimate of drug-likeness (QED) is 0.789. The number of thiazole rings is 1. The number of esters is 1. The predicted molar refractivity (Wildman–Crippen MR) is 89.6 cm³/mol. The van der Waals surface area contributed by atoms with Gasteiger partial charge in [0, 0.05) is 17.3 Å². The minimum absolute atomic E-state index is 0.127. The average Bonchev–Trinajstić information content (AvgIpc) is 3.08. The Morgan fingerprint density at radius 2 is 1.96 bits per heavy atom. The Labute approximate surface area is 147 Å². The van der Waals surface area contributed by atoms with Gasteiger partial charge < -0.3 is 15.4 Å². The number of halogens is 2. The highest BCUT2D eigenvalue weighted by Crippen LogP contribution is 2.26. The molecule has 2 N–H and O–H groups in total. The van der Waals surface area contributed by atoms with Crippen LogP contribution in [0.3, 0.4) is 0 Å². The van der Waals surface area contributed by atoms with E-state index in [0.717, 1.165) is 19.2 Å². The first-order valence-corrected chi connectivity index (χ1v) is 8.25. The molecule has 134 valence electrons. The molecule has 0 spiro atoms. The molecule has 2 amide bonds. The van der Waals surface area contributed by atoms with Gasteiger partial charge in [-0.2, -0.15) is 0 Å². The number of amides is 2.